The molecule has 0 heterocycles. The quantitative estimate of drug-likeness (QED) is 0.480. The van der Waals surface area contributed by atoms with Gasteiger partial charge in [0.1, 0.15) is 0 Å². The highest BCUT2D eigenvalue weighted by atomic mass is 16.6. The summed E-state index contributed by atoms with van der Waals surface area (Å²) in [6, 6.07) is 6.13. The van der Waals surface area contributed by atoms with Gasteiger partial charge in [0.25, 0.3) is 6.04 Å². The molecule has 0 fully saturated rings. The van der Waals surface area contributed by atoms with Crippen LogP contribution in [-0.2, 0) is 0 Å². The number of hydrogen-bond acceptors (Lipinski definition) is 5. The number of nitro groups is 1. The van der Waals surface area contributed by atoms with Crippen molar-refractivity contribution in [1.82, 2.24) is 0 Å². The fraction of sp³-hybridized carbons (Fsp3) is 0.286. The first kappa shape index (κ1) is 13.9. The maximum Gasteiger partial charge on any atom is 0.258 e. The molecule has 0 aromatic heterocycles. The lowest BCUT2D eigenvalue weighted by molar-refractivity contribution is -0.510. The molecule has 0 bridgehead atoms. The summed E-state index contributed by atoms with van der Waals surface area (Å²) in [6.45, 7) is 0. The average Bonchev–Trinajstić information content (AvgIpc) is 2.45. The highest BCUT2D eigenvalue weighted by molar-refractivity contribution is 5.51. The summed E-state index contributed by atoms with van der Waals surface area (Å²) >= 11 is 0. The van der Waals surface area contributed by atoms with Crippen LogP contribution < -0.4 is 4.90 Å². The SMILES string of the molecule is CN(C)c1ccc(N=NC2C=CC=CC2[N+](=O)[O-])cc1. The maximum atomic E-state index is 10.9. The lowest BCUT2D eigenvalue weighted by atomic mass is 10.1. The zero-order valence-corrected chi connectivity index (χ0v) is 11.4. The molecule has 0 saturated carbocycles. The van der Waals surface area contributed by atoms with Gasteiger partial charge in [-0.25, -0.2) is 0 Å². The summed E-state index contributed by atoms with van der Waals surface area (Å²) in [5, 5.41) is 19.1. The minimum absolute atomic E-state index is 0.348. The summed E-state index contributed by atoms with van der Waals surface area (Å²) in [6.07, 6.45) is 6.62. The molecule has 1 aliphatic carbocycles. The summed E-state index contributed by atoms with van der Waals surface area (Å²) in [5.41, 5.74) is 1.74. The molecule has 2 unspecified atom stereocenters. The van der Waals surface area contributed by atoms with Crippen LogP contribution in [0, 0.1) is 10.1 Å². The van der Waals surface area contributed by atoms with Gasteiger partial charge < -0.3 is 4.90 Å². The van der Waals surface area contributed by atoms with Gasteiger partial charge in [-0.3, -0.25) is 10.1 Å². The highest BCUT2D eigenvalue weighted by Gasteiger charge is 2.28. The number of rotatable bonds is 4. The molecular formula is C14H16N4O2. The van der Waals surface area contributed by atoms with Crippen LogP contribution in [-0.4, -0.2) is 31.1 Å². The standard InChI is InChI=1S/C14H16N4O2/c1-17(2)12-9-7-11(8-10-12)15-16-13-5-3-4-6-14(13)18(19)20/h3-10,13-14H,1-2H3. The minimum atomic E-state index is -0.843. The Balaban J connectivity index is 2.10. The Bertz CT molecular complexity index is 561. The average molecular weight is 272 g/mol. The molecule has 2 rings (SSSR count). The number of azo groups is 1. The minimum Gasteiger partial charge on any atom is -0.378 e. The molecule has 1 aliphatic rings. The zero-order valence-electron chi connectivity index (χ0n) is 11.4. The van der Waals surface area contributed by atoms with Gasteiger partial charge in [0, 0.05) is 24.7 Å². The third-order valence-electron chi connectivity index (χ3n) is 2.99. The topological polar surface area (TPSA) is 71.1 Å². The van der Waals surface area contributed by atoms with E-state index in [0.29, 0.717) is 5.69 Å². The van der Waals surface area contributed by atoms with Crippen LogP contribution in [0.3, 0.4) is 0 Å². The molecule has 1 aromatic rings. The molecule has 104 valence electrons. The summed E-state index contributed by atoms with van der Waals surface area (Å²) in [7, 11) is 3.91. The van der Waals surface area contributed by atoms with E-state index in [1.54, 1.807) is 18.2 Å². The first-order chi connectivity index (χ1) is 9.58. The van der Waals surface area contributed by atoms with Crippen molar-refractivity contribution in [3.63, 3.8) is 0 Å². The molecule has 6 heteroatoms. The summed E-state index contributed by atoms with van der Waals surface area (Å²) in [4.78, 5) is 12.5. The third-order valence-corrected chi connectivity index (χ3v) is 2.99. The van der Waals surface area contributed by atoms with E-state index in [9.17, 15) is 10.1 Å². The van der Waals surface area contributed by atoms with E-state index in [2.05, 4.69) is 10.2 Å². The fourth-order valence-corrected chi connectivity index (χ4v) is 1.84. The lowest BCUT2D eigenvalue weighted by Gasteiger charge is -2.13. The molecule has 0 spiro atoms. The van der Waals surface area contributed by atoms with Gasteiger partial charge in [0.05, 0.1) is 5.69 Å². The largest absolute Gasteiger partial charge is 0.378 e. The number of allylic oxidation sites excluding steroid dienone is 2. The molecule has 2 atom stereocenters. The zero-order chi connectivity index (χ0) is 14.5. The molecule has 1 aromatic carbocycles. The van der Waals surface area contributed by atoms with Gasteiger partial charge in [0.15, 0.2) is 6.04 Å². The predicted octanol–water partition coefficient (Wildman–Crippen LogP) is 2.98. The Kier molecular flexibility index (Phi) is 4.24. The van der Waals surface area contributed by atoms with Crippen molar-refractivity contribution in [2.24, 2.45) is 10.2 Å². The predicted molar refractivity (Wildman–Crippen MR) is 78.1 cm³/mol. The lowest BCUT2D eigenvalue weighted by Crippen LogP contribution is -2.30. The van der Waals surface area contributed by atoms with Crippen molar-refractivity contribution in [3.8, 4) is 0 Å². The molecule has 0 saturated heterocycles. The molecule has 0 aliphatic heterocycles. The Hall–Kier alpha value is -2.50. The number of benzene rings is 1. The third kappa shape index (κ3) is 3.28. The van der Waals surface area contributed by atoms with Crippen molar-refractivity contribution >= 4 is 11.4 Å². The van der Waals surface area contributed by atoms with E-state index in [-0.39, 0.29) is 4.92 Å². The Labute approximate surface area is 117 Å². The molecule has 6 nitrogen and oxygen atoms in total. The first-order valence-corrected chi connectivity index (χ1v) is 6.24. The normalized spacial score (nSPS) is 21.3. The maximum absolute atomic E-state index is 10.9. The van der Waals surface area contributed by atoms with Crippen LogP contribution in [0.15, 0.2) is 58.8 Å². The van der Waals surface area contributed by atoms with Crippen molar-refractivity contribution in [3.05, 3.63) is 58.7 Å². The number of hydrogen-bond donors (Lipinski definition) is 0. The smallest absolute Gasteiger partial charge is 0.258 e. The van der Waals surface area contributed by atoms with Crippen LogP contribution in [0.1, 0.15) is 0 Å². The Morgan fingerprint density at radius 1 is 1.15 bits per heavy atom. The van der Waals surface area contributed by atoms with Crippen LogP contribution in [0.25, 0.3) is 0 Å². The second-order valence-corrected chi connectivity index (χ2v) is 4.66. The van der Waals surface area contributed by atoms with Gasteiger partial charge in [0.2, 0.25) is 0 Å². The fourth-order valence-electron chi connectivity index (χ4n) is 1.84. The van der Waals surface area contributed by atoms with Crippen molar-refractivity contribution in [1.29, 1.82) is 0 Å². The number of anilines is 1. The van der Waals surface area contributed by atoms with E-state index in [1.807, 2.05) is 43.3 Å². The van der Waals surface area contributed by atoms with Crippen molar-refractivity contribution in [2.75, 3.05) is 19.0 Å². The van der Waals surface area contributed by atoms with E-state index >= 15 is 0 Å². The molecular weight excluding hydrogens is 256 g/mol. The van der Waals surface area contributed by atoms with Crippen LogP contribution in [0.4, 0.5) is 11.4 Å². The second kappa shape index (κ2) is 6.10. The second-order valence-electron chi connectivity index (χ2n) is 4.66. The summed E-state index contributed by atoms with van der Waals surface area (Å²) in [5.74, 6) is 0. The van der Waals surface area contributed by atoms with Gasteiger partial charge in [-0.2, -0.15) is 10.2 Å². The van der Waals surface area contributed by atoms with Crippen LogP contribution in [0.5, 0.6) is 0 Å². The van der Waals surface area contributed by atoms with Crippen LogP contribution in [0.2, 0.25) is 0 Å². The molecule has 20 heavy (non-hydrogen) atoms. The van der Waals surface area contributed by atoms with Gasteiger partial charge in [-0.05, 0) is 30.3 Å². The van der Waals surface area contributed by atoms with Gasteiger partial charge >= 0.3 is 0 Å². The van der Waals surface area contributed by atoms with Gasteiger partial charge in [-0.1, -0.05) is 18.2 Å². The van der Waals surface area contributed by atoms with E-state index in [0.717, 1.165) is 5.69 Å². The monoisotopic (exact) mass is 272 g/mol. The molecule has 0 N–H and O–H groups in total. The van der Waals surface area contributed by atoms with Crippen molar-refractivity contribution < 1.29 is 4.92 Å². The summed E-state index contributed by atoms with van der Waals surface area (Å²) < 4.78 is 0. The van der Waals surface area contributed by atoms with Gasteiger partial charge in [-0.15, -0.1) is 0 Å². The number of nitrogens with zero attached hydrogens (tertiary/aromatic N) is 4. The first-order valence-electron chi connectivity index (χ1n) is 6.24. The van der Waals surface area contributed by atoms with Crippen molar-refractivity contribution in [2.45, 2.75) is 12.1 Å². The van der Waals surface area contributed by atoms with E-state index < -0.39 is 12.1 Å². The van der Waals surface area contributed by atoms with Crippen LogP contribution >= 0.6 is 0 Å². The Morgan fingerprint density at radius 2 is 1.80 bits per heavy atom. The highest BCUT2D eigenvalue weighted by Crippen LogP contribution is 2.20. The van der Waals surface area contributed by atoms with E-state index in [4.69, 9.17) is 0 Å². The Morgan fingerprint density at radius 3 is 2.40 bits per heavy atom. The molecule has 0 amide bonds. The van der Waals surface area contributed by atoms with E-state index in [1.165, 1.54) is 6.08 Å². The molecule has 0 radical (unpaired) electrons.